The third-order valence-electron chi connectivity index (χ3n) is 3.60. The predicted octanol–water partition coefficient (Wildman–Crippen LogP) is 1.04. The van der Waals surface area contributed by atoms with Crippen molar-refractivity contribution in [2.45, 2.75) is 32.4 Å². The minimum absolute atomic E-state index is 0.147. The number of thiazole rings is 1. The van der Waals surface area contributed by atoms with Gasteiger partial charge in [0.25, 0.3) is 0 Å². The van der Waals surface area contributed by atoms with Crippen LogP contribution in [0.4, 0.5) is 4.79 Å². The number of aromatic nitrogens is 1. The number of carbonyl (C=O) groups excluding carboxylic acids is 1. The molecule has 0 atom stereocenters. The molecule has 1 saturated heterocycles. The summed E-state index contributed by atoms with van der Waals surface area (Å²) in [5, 5.41) is 15.7. The molecule has 1 aromatic rings. The van der Waals surface area contributed by atoms with E-state index in [4.69, 9.17) is 5.11 Å². The molecule has 7 nitrogen and oxygen atoms in total. The molecule has 3 N–H and O–H groups in total. The lowest BCUT2D eigenvalue weighted by Crippen LogP contribution is -2.47. The van der Waals surface area contributed by atoms with Gasteiger partial charge in [-0.3, -0.25) is 0 Å². The van der Waals surface area contributed by atoms with Crippen LogP contribution in [0.1, 0.15) is 33.2 Å². The summed E-state index contributed by atoms with van der Waals surface area (Å²) in [7, 11) is 1.79. The van der Waals surface area contributed by atoms with Gasteiger partial charge in [-0.2, -0.15) is 0 Å². The number of hydrogen-bond acceptors (Lipinski definition) is 5. The zero-order chi connectivity index (χ0) is 15.4. The Labute approximate surface area is 127 Å². The van der Waals surface area contributed by atoms with Crippen LogP contribution in [-0.2, 0) is 6.54 Å². The van der Waals surface area contributed by atoms with Crippen LogP contribution in [0.25, 0.3) is 0 Å². The Morgan fingerprint density at radius 1 is 1.48 bits per heavy atom. The van der Waals surface area contributed by atoms with Crippen LogP contribution >= 0.6 is 11.3 Å². The third-order valence-corrected chi connectivity index (χ3v) is 4.75. The monoisotopic (exact) mass is 312 g/mol. The summed E-state index contributed by atoms with van der Waals surface area (Å²) >= 11 is 1.10. The van der Waals surface area contributed by atoms with Crippen LogP contribution in [0.15, 0.2) is 0 Å². The average Bonchev–Trinajstić information content (AvgIpc) is 2.86. The highest BCUT2D eigenvalue weighted by Crippen LogP contribution is 2.18. The lowest BCUT2D eigenvalue weighted by Gasteiger charge is -2.31. The molecule has 2 amide bonds. The van der Waals surface area contributed by atoms with E-state index >= 15 is 0 Å². The van der Waals surface area contributed by atoms with E-state index in [1.165, 1.54) is 0 Å². The zero-order valence-corrected chi connectivity index (χ0v) is 13.0. The van der Waals surface area contributed by atoms with E-state index in [1.54, 1.807) is 18.9 Å². The molecule has 1 fully saturated rings. The van der Waals surface area contributed by atoms with Crippen LogP contribution in [0, 0.1) is 6.92 Å². The second kappa shape index (κ2) is 6.86. The van der Waals surface area contributed by atoms with Gasteiger partial charge in [-0.1, -0.05) is 0 Å². The van der Waals surface area contributed by atoms with Crippen LogP contribution in [-0.4, -0.2) is 53.2 Å². The summed E-state index contributed by atoms with van der Waals surface area (Å²) in [6.07, 6.45) is 1.90. The minimum atomic E-state index is -0.977. The predicted molar refractivity (Wildman–Crippen MR) is 79.7 cm³/mol. The van der Waals surface area contributed by atoms with E-state index in [0.29, 0.717) is 10.7 Å². The molecule has 0 aliphatic carbocycles. The first kappa shape index (κ1) is 15.7. The fraction of sp³-hybridized carbons (Fsp3) is 0.615. The number of aryl methyl sites for hydroxylation is 1. The van der Waals surface area contributed by atoms with Gasteiger partial charge in [-0.15, -0.1) is 11.3 Å². The van der Waals surface area contributed by atoms with E-state index in [9.17, 15) is 9.59 Å². The highest BCUT2D eigenvalue weighted by molar-refractivity contribution is 7.13. The molecule has 0 saturated carbocycles. The highest BCUT2D eigenvalue weighted by Gasteiger charge is 2.22. The van der Waals surface area contributed by atoms with Crippen LogP contribution in [0.2, 0.25) is 0 Å². The molecule has 0 unspecified atom stereocenters. The molecule has 116 valence electrons. The summed E-state index contributed by atoms with van der Waals surface area (Å²) in [5.41, 5.74) is 0.489. The van der Waals surface area contributed by atoms with Crippen molar-refractivity contribution in [3.63, 3.8) is 0 Å². The Morgan fingerprint density at radius 3 is 2.71 bits per heavy atom. The van der Waals surface area contributed by atoms with E-state index in [-0.39, 0.29) is 23.5 Å². The van der Waals surface area contributed by atoms with Crippen molar-refractivity contribution in [3.8, 4) is 0 Å². The molecule has 2 heterocycles. The Bertz CT molecular complexity index is 525. The highest BCUT2D eigenvalue weighted by atomic mass is 32.1. The quantitative estimate of drug-likeness (QED) is 0.772. The Morgan fingerprint density at radius 2 is 2.14 bits per heavy atom. The number of hydrogen-bond donors (Lipinski definition) is 3. The van der Waals surface area contributed by atoms with Crippen LogP contribution in [0.3, 0.4) is 0 Å². The summed E-state index contributed by atoms with van der Waals surface area (Å²) < 4.78 is 0. The molecule has 1 aromatic heterocycles. The van der Waals surface area contributed by atoms with E-state index in [2.05, 4.69) is 15.6 Å². The number of piperidine rings is 1. The molecule has 1 aliphatic heterocycles. The fourth-order valence-corrected chi connectivity index (χ4v) is 3.21. The molecular weight excluding hydrogens is 292 g/mol. The molecule has 21 heavy (non-hydrogen) atoms. The molecule has 2 rings (SSSR count). The van der Waals surface area contributed by atoms with Gasteiger partial charge in [0.2, 0.25) is 0 Å². The van der Waals surface area contributed by atoms with Crippen LogP contribution < -0.4 is 10.6 Å². The maximum Gasteiger partial charge on any atom is 0.347 e. The summed E-state index contributed by atoms with van der Waals surface area (Å²) in [6, 6.07) is 0.102. The van der Waals surface area contributed by atoms with Crippen molar-refractivity contribution >= 4 is 23.3 Å². The van der Waals surface area contributed by atoms with Gasteiger partial charge < -0.3 is 20.6 Å². The van der Waals surface area contributed by atoms with Crippen LogP contribution in [0.5, 0.6) is 0 Å². The lowest BCUT2D eigenvalue weighted by molar-refractivity contribution is 0.0701. The van der Waals surface area contributed by atoms with Gasteiger partial charge in [0.1, 0.15) is 9.88 Å². The Hall–Kier alpha value is -1.67. The first-order valence-electron chi connectivity index (χ1n) is 6.90. The van der Waals surface area contributed by atoms with Crippen molar-refractivity contribution in [2.24, 2.45) is 0 Å². The third kappa shape index (κ3) is 3.92. The number of carboxylic acids is 1. The molecule has 0 aromatic carbocycles. The normalized spacial score (nSPS) is 15.7. The van der Waals surface area contributed by atoms with Crippen molar-refractivity contribution in [1.29, 1.82) is 0 Å². The number of carboxylic acid groups (broad SMARTS) is 1. The first-order chi connectivity index (χ1) is 9.99. The maximum atomic E-state index is 12.1. The first-order valence-corrected chi connectivity index (χ1v) is 7.71. The molecular formula is C13H20N4O3S. The average molecular weight is 312 g/mol. The number of nitrogens with one attached hydrogen (secondary N) is 2. The second-order valence-electron chi connectivity index (χ2n) is 5.08. The summed E-state index contributed by atoms with van der Waals surface area (Å²) in [4.78, 5) is 29.2. The Kier molecular flexibility index (Phi) is 5.13. The van der Waals surface area contributed by atoms with Gasteiger partial charge in [0.15, 0.2) is 0 Å². The van der Waals surface area contributed by atoms with Crippen molar-refractivity contribution in [2.75, 3.05) is 20.1 Å². The molecule has 8 heteroatoms. The lowest BCUT2D eigenvalue weighted by atomic mass is 10.1. The van der Waals surface area contributed by atoms with Gasteiger partial charge in [-0.05, 0) is 32.9 Å². The fourth-order valence-electron chi connectivity index (χ4n) is 2.36. The number of rotatable bonds is 4. The molecule has 0 bridgehead atoms. The second-order valence-corrected chi connectivity index (χ2v) is 6.16. The minimum Gasteiger partial charge on any atom is -0.477 e. The van der Waals surface area contributed by atoms with E-state index < -0.39 is 5.97 Å². The summed E-state index contributed by atoms with van der Waals surface area (Å²) in [5.74, 6) is -0.977. The van der Waals surface area contributed by atoms with E-state index in [1.807, 2.05) is 0 Å². The van der Waals surface area contributed by atoms with E-state index in [0.717, 1.165) is 37.3 Å². The smallest absolute Gasteiger partial charge is 0.347 e. The van der Waals surface area contributed by atoms with Gasteiger partial charge in [0.05, 0.1) is 12.2 Å². The van der Waals surface area contributed by atoms with Gasteiger partial charge in [0, 0.05) is 13.1 Å². The maximum absolute atomic E-state index is 12.1. The van der Waals surface area contributed by atoms with Crippen molar-refractivity contribution in [3.05, 3.63) is 15.6 Å². The number of nitrogens with zero attached hydrogens (tertiary/aromatic N) is 2. The molecule has 1 aliphatic rings. The largest absolute Gasteiger partial charge is 0.477 e. The molecule has 0 radical (unpaired) electrons. The SMILES string of the molecule is Cc1nc(CNC(=O)N(C)C2CCNCC2)sc1C(=O)O. The van der Waals surface area contributed by atoms with Crippen molar-refractivity contribution in [1.82, 2.24) is 20.5 Å². The number of amides is 2. The number of urea groups is 1. The topological polar surface area (TPSA) is 94.6 Å². The van der Waals surface area contributed by atoms with Gasteiger partial charge in [-0.25, -0.2) is 14.6 Å². The van der Waals surface area contributed by atoms with Crippen molar-refractivity contribution < 1.29 is 14.7 Å². The Balaban J connectivity index is 1.88. The zero-order valence-electron chi connectivity index (χ0n) is 12.2. The number of aromatic carboxylic acids is 1. The van der Waals surface area contributed by atoms with Gasteiger partial charge >= 0.3 is 12.0 Å². The molecule has 0 spiro atoms. The summed E-state index contributed by atoms with van der Waals surface area (Å²) in [6.45, 7) is 3.77. The standard InChI is InChI=1S/C13H20N4O3S/c1-8-11(12(18)19)21-10(16-8)7-15-13(20)17(2)9-3-5-14-6-4-9/h9,14H,3-7H2,1-2H3,(H,15,20)(H,18,19). The number of carbonyl (C=O) groups is 2.